The Morgan fingerprint density at radius 2 is 1.84 bits per heavy atom. The fourth-order valence-electron chi connectivity index (χ4n) is 1.73. The molecule has 1 N–H and O–H groups in total. The molecule has 0 unspecified atom stereocenters. The lowest BCUT2D eigenvalue weighted by Gasteiger charge is -2.20. The van der Waals surface area contributed by atoms with E-state index in [4.69, 9.17) is 0 Å². The molecule has 0 atom stereocenters. The largest absolute Gasteiger partial charge is 0.308 e. The Morgan fingerprint density at radius 1 is 1.21 bits per heavy atom. The maximum Gasteiger partial charge on any atom is 0.150 e. The van der Waals surface area contributed by atoms with Crippen LogP contribution in [0.25, 0.3) is 5.69 Å². The number of hydrogen-bond donors (Lipinski definition) is 1. The first-order valence-electron chi connectivity index (χ1n) is 6.08. The standard InChI is InChI=1S/C14H17F2N3/c1-14(2,3)18-8-10-6-11(15)13(12(16)7-10)19-5-4-17-9-19/h4-7,9,18H,8H2,1-3H3. The van der Waals surface area contributed by atoms with Gasteiger partial charge in [-0.3, -0.25) is 0 Å². The molecule has 2 aromatic rings. The zero-order valence-electron chi connectivity index (χ0n) is 11.2. The van der Waals surface area contributed by atoms with E-state index in [0.29, 0.717) is 12.1 Å². The van der Waals surface area contributed by atoms with E-state index >= 15 is 0 Å². The Labute approximate surface area is 111 Å². The summed E-state index contributed by atoms with van der Waals surface area (Å²) < 4.78 is 29.3. The van der Waals surface area contributed by atoms with Crippen molar-refractivity contribution < 1.29 is 8.78 Å². The molecule has 0 aliphatic carbocycles. The number of nitrogens with one attached hydrogen (secondary N) is 1. The molecule has 2 rings (SSSR count). The summed E-state index contributed by atoms with van der Waals surface area (Å²) in [6.45, 7) is 6.42. The molecular weight excluding hydrogens is 248 g/mol. The van der Waals surface area contributed by atoms with Crippen LogP contribution >= 0.6 is 0 Å². The average Bonchev–Trinajstić information content (AvgIpc) is 2.78. The summed E-state index contributed by atoms with van der Waals surface area (Å²) in [5.74, 6) is -1.19. The van der Waals surface area contributed by atoms with Gasteiger partial charge < -0.3 is 9.88 Å². The number of benzene rings is 1. The lowest BCUT2D eigenvalue weighted by atomic mass is 10.1. The smallest absolute Gasteiger partial charge is 0.150 e. The van der Waals surface area contributed by atoms with E-state index in [0.717, 1.165) is 0 Å². The Kier molecular flexibility index (Phi) is 3.66. The van der Waals surface area contributed by atoms with E-state index in [9.17, 15) is 8.78 Å². The maximum atomic E-state index is 14.0. The van der Waals surface area contributed by atoms with Crippen LogP contribution < -0.4 is 5.32 Å². The first-order chi connectivity index (χ1) is 8.87. The van der Waals surface area contributed by atoms with Crippen molar-refractivity contribution in [1.82, 2.24) is 14.9 Å². The molecule has 0 bridgehead atoms. The second-order valence-corrected chi connectivity index (χ2v) is 5.48. The van der Waals surface area contributed by atoms with Crippen molar-refractivity contribution in [2.24, 2.45) is 0 Å². The third kappa shape index (κ3) is 3.38. The molecule has 3 nitrogen and oxygen atoms in total. The van der Waals surface area contributed by atoms with Gasteiger partial charge >= 0.3 is 0 Å². The molecular formula is C14H17F2N3. The highest BCUT2D eigenvalue weighted by Gasteiger charge is 2.14. The summed E-state index contributed by atoms with van der Waals surface area (Å²) in [7, 11) is 0. The van der Waals surface area contributed by atoms with E-state index in [-0.39, 0.29) is 11.2 Å². The highest BCUT2D eigenvalue weighted by molar-refractivity contribution is 5.38. The van der Waals surface area contributed by atoms with E-state index in [1.807, 2.05) is 20.8 Å². The minimum Gasteiger partial charge on any atom is -0.308 e. The molecule has 0 saturated heterocycles. The Hall–Kier alpha value is -1.75. The summed E-state index contributed by atoms with van der Waals surface area (Å²) in [6.07, 6.45) is 4.36. The van der Waals surface area contributed by atoms with Crippen LogP contribution in [0, 0.1) is 11.6 Å². The fraction of sp³-hybridized carbons (Fsp3) is 0.357. The first-order valence-corrected chi connectivity index (χ1v) is 6.08. The fourth-order valence-corrected chi connectivity index (χ4v) is 1.73. The minimum atomic E-state index is -0.594. The zero-order chi connectivity index (χ0) is 14.0. The van der Waals surface area contributed by atoms with Gasteiger partial charge in [-0.1, -0.05) is 0 Å². The van der Waals surface area contributed by atoms with Crippen molar-refractivity contribution in [2.45, 2.75) is 32.9 Å². The van der Waals surface area contributed by atoms with Crippen molar-refractivity contribution in [2.75, 3.05) is 0 Å². The number of rotatable bonds is 3. The van der Waals surface area contributed by atoms with Crippen LogP contribution in [0.5, 0.6) is 0 Å². The molecule has 0 fully saturated rings. The highest BCUT2D eigenvalue weighted by atomic mass is 19.1. The van der Waals surface area contributed by atoms with Crippen LogP contribution in [0.2, 0.25) is 0 Å². The van der Waals surface area contributed by atoms with Gasteiger partial charge in [0.25, 0.3) is 0 Å². The van der Waals surface area contributed by atoms with E-state index in [1.165, 1.54) is 35.4 Å². The number of halogens is 2. The molecule has 0 radical (unpaired) electrons. The van der Waals surface area contributed by atoms with Crippen LogP contribution in [-0.4, -0.2) is 15.1 Å². The van der Waals surface area contributed by atoms with Crippen molar-refractivity contribution in [1.29, 1.82) is 0 Å². The van der Waals surface area contributed by atoms with Crippen molar-refractivity contribution >= 4 is 0 Å². The number of aromatic nitrogens is 2. The van der Waals surface area contributed by atoms with Gasteiger partial charge in [0.1, 0.15) is 5.69 Å². The maximum absolute atomic E-state index is 14.0. The van der Waals surface area contributed by atoms with Gasteiger partial charge in [0, 0.05) is 24.5 Å². The topological polar surface area (TPSA) is 29.9 Å². The Bertz CT molecular complexity index is 534. The van der Waals surface area contributed by atoms with Crippen LogP contribution in [0.1, 0.15) is 26.3 Å². The van der Waals surface area contributed by atoms with Gasteiger partial charge in [0.15, 0.2) is 11.6 Å². The monoisotopic (exact) mass is 265 g/mol. The van der Waals surface area contributed by atoms with Crippen LogP contribution in [0.3, 0.4) is 0 Å². The van der Waals surface area contributed by atoms with Crippen molar-refractivity contribution in [3.63, 3.8) is 0 Å². The molecule has 0 saturated carbocycles. The predicted octanol–water partition coefficient (Wildman–Crippen LogP) is 3.04. The van der Waals surface area contributed by atoms with Crippen molar-refractivity contribution in [3.05, 3.63) is 48.1 Å². The van der Waals surface area contributed by atoms with Gasteiger partial charge in [0.05, 0.1) is 6.33 Å². The summed E-state index contributed by atoms with van der Waals surface area (Å²) in [5.41, 5.74) is 0.376. The van der Waals surface area contributed by atoms with Crippen LogP contribution in [-0.2, 0) is 6.54 Å². The predicted molar refractivity (Wildman–Crippen MR) is 70.1 cm³/mol. The van der Waals surface area contributed by atoms with Crippen molar-refractivity contribution in [3.8, 4) is 5.69 Å². The average molecular weight is 265 g/mol. The van der Waals surface area contributed by atoms with E-state index in [2.05, 4.69) is 10.3 Å². The summed E-state index contributed by atoms with van der Waals surface area (Å²) in [5, 5.41) is 3.19. The van der Waals surface area contributed by atoms with Gasteiger partial charge in [-0.15, -0.1) is 0 Å². The van der Waals surface area contributed by atoms with E-state index < -0.39 is 11.6 Å². The second-order valence-electron chi connectivity index (χ2n) is 5.48. The van der Waals surface area contributed by atoms with Crippen LogP contribution in [0.15, 0.2) is 30.9 Å². The number of imidazole rings is 1. The van der Waals surface area contributed by atoms with Gasteiger partial charge in [-0.25, -0.2) is 13.8 Å². The Balaban J connectivity index is 2.27. The SMILES string of the molecule is CC(C)(C)NCc1cc(F)c(-n2ccnc2)c(F)c1. The van der Waals surface area contributed by atoms with Gasteiger partial charge in [0.2, 0.25) is 0 Å². The Morgan fingerprint density at radius 3 is 2.32 bits per heavy atom. The third-order valence-corrected chi connectivity index (χ3v) is 2.66. The number of nitrogens with zero attached hydrogens (tertiary/aromatic N) is 2. The third-order valence-electron chi connectivity index (χ3n) is 2.66. The van der Waals surface area contributed by atoms with Gasteiger partial charge in [-0.05, 0) is 38.5 Å². The molecule has 0 spiro atoms. The zero-order valence-corrected chi connectivity index (χ0v) is 11.2. The summed E-state index contributed by atoms with van der Waals surface area (Å²) in [6, 6.07) is 2.69. The normalized spacial score (nSPS) is 11.8. The summed E-state index contributed by atoms with van der Waals surface area (Å²) in [4.78, 5) is 3.79. The highest BCUT2D eigenvalue weighted by Crippen LogP contribution is 2.20. The van der Waals surface area contributed by atoms with Gasteiger partial charge in [-0.2, -0.15) is 0 Å². The summed E-state index contributed by atoms with van der Waals surface area (Å²) >= 11 is 0. The lowest BCUT2D eigenvalue weighted by Crippen LogP contribution is -2.35. The van der Waals surface area contributed by atoms with Crippen LogP contribution in [0.4, 0.5) is 8.78 Å². The molecule has 1 aromatic carbocycles. The quantitative estimate of drug-likeness (QED) is 0.924. The van der Waals surface area contributed by atoms with E-state index in [1.54, 1.807) is 0 Å². The molecule has 5 heteroatoms. The molecule has 0 amide bonds. The molecule has 1 aromatic heterocycles. The number of hydrogen-bond acceptors (Lipinski definition) is 2. The molecule has 0 aliphatic rings. The minimum absolute atomic E-state index is 0.1000. The molecule has 19 heavy (non-hydrogen) atoms. The lowest BCUT2D eigenvalue weighted by molar-refractivity contribution is 0.422. The molecule has 102 valence electrons. The molecule has 0 aliphatic heterocycles. The molecule has 1 heterocycles. The second kappa shape index (κ2) is 5.09. The first kappa shape index (κ1) is 13.7.